The van der Waals surface area contributed by atoms with E-state index in [-0.39, 0.29) is 47.1 Å². The van der Waals surface area contributed by atoms with Crippen molar-refractivity contribution in [3.05, 3.63) is 42.7 Å². The average molecular weight is 908 g/mol. The highest BCUT2D eigenvalue weighted by atomic mass is 32.2. The summed E-state index contributed by atoms with van der Waals surface area (Å²) in [5.41, 5.74) is 11.4. The second kappa shape index (κ2) is 19.0. The van der Waals surface area contributed by atoms with Crippen molar-refractivity contribution in [3.63, 3.8) is 0 Å². The number of thioether (sulfide) groups is 1. The number of amides is 3. The molecule has 13 atom stereocenters. The number of aromatic nitrogens is 5. The van der Waals surface area contributed by atoms with Crippen LogP contribution in [0.4, 0.5) is 10.6 Å². The molecule has 4 aliphatic rings. The molecule has 29 heteroatoms. The molecule has 7 rings (SSSR count). The third-order valence-corrected chi connectivity index (χ3v) is 13.9. The number of nitrogens with two attached hydrogens (primary N) is 2. The van der Waals surface area contributed by atoms with Gasteiger partial charge in [0.2, 0.25) is 0 Å². The number of urea groups is 1. The van der Waals surface area contributed by atoms with Crippen LogP contribution in [-0.2, 0) is 36.8 Å². The van der Waals surface area contributed by atoms with Gasteiger partial charge in [0.1, 0.15) is 47.9 Å². The zero-order chi connectivity index (χ0) is 43.5. The van der Waals surface area contributed by atoms with Crippen molar-refractivity contribution in [2.45, 2.75) is 92.1 Å². The summed E-state index contributed by atoms with van der Waals surface area (Å²) in [6, 6.07) is 3.26. The number of nitrogens with one attached hydrogen (secondary N) is 2. The number of pyridine rings is 1. The molecule has 0 bridgehead atoms. The van der Waals surface area contributed by atoms with Crippen LogP contribution in [0.25, 0.3) is 11.2 Å². The van der Waals surface area contributed by atoms with Crippen molar-refractivity contribution in [3.8, 4) is 0 Å². The summed E-state index contributed by atoms with van der Waals surface area (Å²) >= 11 is 1.87. The SMILES string of the molecule is NC(=O)c1ccc[n+]([C@@H]2O[C@H](COP(=O)([O-])OP(=O)(O)OC[C@H]3O[C@@H](n4cnc5c(N)ncnc54)[C@H](O)[C@@H]3O)[C@@H](O)[C@H]2O)c1.O=C(O)CCCC[C@@H]1SC[C@@H]2NC(=O)N[C@@H]21. The maximum atomic E-state index is 12.4. The van der Waals surface area contributed by atoms with Crippen molar-refractivity contribution in [2.24, 2.45) is 5.73 Å². The molecule has 26 nitrogen and oxygen atoms in total. The molecule has 12 N–H and O–H groups in total. The summed E-state index contributed by atoms with van der Waals surface area (Å²) in [6.45, 7) is -1.89. The van der Waals surface area contributed by atoms with Crippen LogP contribution in [-0.4, -0.2) is 141 Å². The van der Waals surface area contributed by atoms with E-state index >= 15 is 0 Å². The number of nitrogen functional groups attached to an aromatic ring is 1. The first-order valence-corrected chi connectivity index (χ1v) is 22.2. The lowest BCUT2D eigenvalue weighted by Crippen LogP contribution is -2.46. The highest BCUT2D eigenvalue weighted by Crippen LogP contribution is 2.58. The Bertz CT molecular complexity index is 2140. The molecule has 4 aliphatic heterocycles. The number of hydrogen-bond donors (Lipinski definition) is 10. The second-order valence-corrected chi connectivity index (χ2v) is 18.2. The topological polar surface area (TPSA) is 400 Å². The van der Waals surface area contributed by atoms with E-state index in [2.05, 4.69) is 38.9 Å². The number of phosphoric acid groups is 2. The highest BCUT2D eigenvalue weighted by Gasteiger charge is 2.50. The number of rotatable bonds is 16. The summed E-state index contributed by atoms with van der Waals surface area (Å²) in [7, 11) is -11.0. The van der Waals surface area contributed by atoms with Gasteiger partial charge in [-0.05, 0) is 18.9 Å². The van der Waals surface area contributed by atoms with E-state index in [1.807, 2.05) is 11.8 Å². The van der Waals surface area contributed by atoms with Crippen LogP contribution in [0.3, 0.4) is 0 Å². The fraction of sp³-hybridized carbons (Fsp3) is 0.581. The van der Waals surface area contributed by atoms with E-state index in [1.165, 1.54) is 40.0 Å². The van der Waals surface area contributed by atoms with Crippen molar-refractivity contribution in [1.29, 1.82) is 0 Å². The van der Waals surface area contributed by atoms with Gasteiger partial charge in [-0.1, -0.05) is 6.42 Å². The van der Waals surface area contributed by atoms with Gasteiger partial charge in [-0.2, -0.15) is 16.3 Å². The monoisotopic (exact) mass is 907 g/mol. The number of hydrogen-bond acceptors (Lipinski definition) is 20. The third kappa shape index (κ3) is 10.7. The molecule has 4 fully saturated rings. The van der Waals surface area contributed by atoms with Gasteiger partial charge in [0.25, 0.3) is 20.0 Å². The van der Waals surface area contributed by atoms with Gasteiger partial charge in [-0.25, -0.2) is 28.6 Å². The lowest BCUT2D eigenvalue weighted by molar-refractivity contribution is -0.765. The van der Waals surface area contributed by atoms with E-state index < -0.39 is 89.8 Å². The number of aliphatic hydroxyl groups is 4. The lowest BCUT2D eigenvalue weighted by Gasteiger charge is -2.26. The van der Waals surface area contributed by atoms with E-state index in [9.17, 15) is 53.7 Å². The molecule has 4 saturated heterocycles. The largest absolute Gasteiger partial charge is 0.756 e. The molecule has 2 unspecified atom stereocenters. The molecule has 3 aromatic heterocycles. The summed E-state index contributed by atoms with van der Waals surface area (Å²) in [5, 5.41) is 56.3. The number of unbranched alkanes of at least 4 members (excludes halogenated alkanes) is 1. The molecule has 0 aliphatic carbocycles. The number of anilines is 1. The van der Waals surface area contributed by atoms with Crippen LogP contribution in [0.5, 0.6) is 0 Å². The lowest BCUT2D eigenvalue weighted by atomic mass is 10.0. The number of nitrogens with zero attached hydrogens (tertiary/aromatic N) is 5. The second-order valence-electron chi connectivity index (χ2n) is 13.9. The Morgan fingerprint density at radius 1 is 1.03 bits per heavy atom. The Hall–Kier alpha value is -3.92. The predicted octanol–water partition coefficient (Wildman–Crippen LogP) is -2.85. The van der Waals surface area contributed by atoms with Crippen molar-refractivity contribution < 1.29 is 86.2 Å². The van der Waals surface area contributed by atoms with Crippen LogP contribution in [0, 0.1) is 0 Å². The van der Waals surface area contributed by atoms with Crippen LogP contribution in [0.2, 0.25) is 0 Å². The van der Waals surface area contributed by atoms with Gasteiger partial charge in [-0.15, -0.1) is 0 Å². The molecule has 0 aromatic carbocycles. The van der Waals surface area contributed by atoms with Crippen LogP contribution in [0.15, 0.2) is 37.2 Å². The number of ether oxygens (including phenoxy) is 2. The minimum atomic E-state index is -5.62. The minimum absolute atomic E-state index is 0.0446. The van der Waals surface area contributed by atoms with E-state index in [1.54, 1.807) is 0 Å². The molecule has 3 aromatic rings. The van der Waals surface area contributed by atoms with Crippen LogP contribution >= 0.6 is 27.4 Å². The summed E-state index contributed by atoms with van der Waals surface area (Å²) < 4.78 is 51.5. The van der Waals surface area contributed by atoms with Gasteiger partial charge in [0, 0.05) is 23.5 Å². The summed E-state index contributed by atoms with van der Waals surface area (Å²) in [4.78, 5) is 67.0. The first-order chi connectivity index (χ1) is 28.3. The Morgan fingerprint density at radius 3 is 2.48 bits per heavy atom. The molecule has 0 spiro atoms. The number of primary amides is 1. The number of aliphatic hydroxyl groups excluding tert-OH is 4. The van der Waals surface area contributed by atoms with Gasteiger partial charge in [0.15, 0.2) is 36.2 Å². The number of carboxylic acid groups (broad SMARTS) is 1. The standard InChI is InChI=1S/C21H27N7O14P2.C10H16N2O3S/c22-17-12-19(25-7-24-17)28(8-26-12)21-16(32)14(30)11(41-21)6-39-44(36,37)42-43(34,35)38-5-10-13(29)15(31)20(40-10)27-3-1-2-9(4-27)18(23)33;13-8(14)4-2-1-3-7-9-6(5-16-7)11-10(15)12-9/h1-4,7-8,10-11,13-16,20-21,29-32H,5-6H2,(H5-,22,23,24,25,33,34,35,36,37);6-7,9H,1-5H2,(H,13,14)(H2,11,12,15)/t10-,11-,13-,14-,15-,16-,20-,21-;6-,7-,9-/m10/s1. The molecule has 3 amide bonds. The number of fused-ring (bicyclic) bond motifs is 2. The Balaban J connectivity index is 0.000000314. The first kappa shape index (κ1) is 45.6. The quantitative estimate of drug-likeness (QED) is 0.0299. The number of imidazole rings is 1. The normalized spacial score (nSPS) is 31.7. The number of carbonyl (C=O) groups is 3. The number of phosphoric ester groups is 2. The zero-order valence-electron chi connectivity index (χ0n) is 31.1. The van der Waals surface area contributed by atoms with Gasteiger partial charge < -0.3 is 71.4 Å². The number of carboxylic acids is 1. The highest BCUT2D eigenvalue weighted by molar-refractivity contribution is 8.00. The van der Waals surface area contributed by atoms with Gasteiger partial charge in [0.05, 0.1) is 31.6 Å². The van der Waals surface area contributed by atoms with Crippen LogP contribution < -0.4 is 31.6 Å². The first-order valence-electron chi connectivity index (χ1n) is 18.2. The average Bonchev–Trinajstić information content (AvgIpc) is 3.99. The minimum Gasteiger partial charge on any atom is -0.756 e. The summed E-state index contributed by atoms with van der Waals surface area (Å²) in [6.07, 6.45) is -4.17. The fourth-order valence-corrected chi connectivity index (χ4v) is 10.4. The molecule has 0 radical (unpaired) electrons. The number of carbonyl (C=O) groups excluding carboxylic acids is 2. The van der Waals surface area contributed by atoms with E-state index in [4.69, 9.17) is 26.0 Å². The Kier molecular flexibility index (Phi) is 14.4. The van der Waals surface area contributed by atoms with E-state index in [0.717, 1.165) is 31.3 Å². The molecular weight excluding hydrogens is 864 g/mol. The van der Waals surface area contributed by atoms with Crippen molar-refractivity contribution >= 4 is 62.3 Å². The Morgan fingerprint density at radius 2 is 1.75 bits per heavy atom. The number of aliphatic carboxylic acids is 1. The van der Waals surface area contributed by atoms with Crippen molar-refractivity contribution in [1.82, 2.24) is 30.2 Å². The van der Waals surface area contributed by atoms with Gasteiger partial charge in [-0.3, -0.25) is 23.2 Å². The molecule has 60 heavy (non-hydrogen) atoms. The Labute approximate surface area is 343 Å². The van der Waals surface area contributed by atoms with Crippen molar-refractivity contribution in [2.75, 3.05) is 24.7 Å². The third-order valence-electron chi connectivity index (χ3n) is 9.81. The summed E-state index contributed by atoms with van der Waals surface area (Å²) in [5.74, 6) is -0.492. The molecule has 0 saturated carbocycles. The maximum Gasteiger partial charge on any atom is 0.478 e. The molecule has 330 valence electrons. The fourth-order valence-electron chi connectivity index (χ4n) is 6.83. The predicted molar refractivity (Wildman–Crippen MR) is 199 cm³/mol. The maximum absolute atomic E-state index is 12.4. The molecular formula is C31H43N9O17P2S. The van der Waals surface area contributed by atoms with E-state index in [0.29, 0.717) is 5.25 Å². The smallest absolute Gasteiger partial charge is 0.478 e. The molecule has 7 heterocycles. The zero-order valence-corrected chi connectivity index (χ0v) is 33.7. The van der Waals surface area contributed by atoms with Crippen LogP contribution in [0.1, 0.15) is 48.5 Å². The van der Waals surface area contributed by atoms with Gasteiger partial charge >= 0.3 is 19.8 Å².